The van der Waals surface area contributed by atoms with Gasteiger partial charge in [0.25, 0.3) is 0 Å². The Hall–Kier alpha value is -1.77. The molecular formula is C13H16N2O. The van der Waals surface area contributed by atoms with Crippen molar-refractivity contribution in [3.63, 3.8) is 0 Å². The number of anilines is 1. The van der Waals surface area contributed by atoms with E-state index >= 15 is 0 Å². The van der Waals surface area contributed by atoms with Crippen molar-refractivity contribution in [2.75, 3.05) is 5.73 Å². The van der Waals surface area contributed by atoms with Gasteiger partial charge in [0, 0.05) is 11.6 Å². The monoisotopic (exact) mass is 216 g/mol. The molecule has 2 aromatic rings. The number of aryl methyl sites for hydroxylation is 1. The van der Waals surface area contributed by atoms with Gasteiger partial charge < -0.3 is 10.3 Å². The number of rotatable bonds is 4. The Morgan fingerprint density at radius 1 is 1.25 bits per heavy atom. The van der Waals surface area contributed by atoms with E-state index in [9.17, 15) is 0 Å². The van der Waals surface area contributed by atoms with Crippen molar-refractivity contribution in [3.05, 3.63) is 35.9 Å². The van der Waals surface area contributed by atoms with Gasteiger partial charge >= 0.3 is 0 Å². The van der Waals surface area contributed by atoms with Gasteiger partial charge in [-0.05, 0) is 18.4 Å². The van der Waals surface area contributed by atoms with Crippen LogP contribution < -0.4 is 5.73 Å². The summed E-state index contributed by atoms with van der Waals surface area (Å²) in [6.45, 7) is 2.20. The zero-order chi connectivity index (χ0) is 11.4. The van der Waals surface area contributed by atoms with Crippen molar-refractivity contribution in [1.82, 2.24) is 5.16 Å². The van der Waals surface area contributed by atoms with E-state index in [1.54, 1.807) is 6.07 Å². The molecule has 0 unspecified atom stereocenters. The summed E-state index contributed by atoms with van der Waals surface area (Å²) in [6.07, 6.45) is 3.59. The molecule has 0 saturated heterocycles. The minimum Gasteiger partial charge on any atom is -0.381 e. The number of nitrogens with zero attached hydrogens (tertiary/aromatic N) is 1. The fourth-order valence-corrected chi connectivity index (χ4v) is 1.64. The minimum atomic E-state index is 0.421. The predicted molar refractivity (Wildman–Crippen MR) is 65.0 cm³/mol. The third-order valence-electron chi connectivity index (χ3n) is 2.59. The average Bonchev–Trinajstić information content (AvgIpc) is 2.74. The summed E-state index contributed by atoms with van der Waals surface area (Å²) in [5.41, 5.74) is 7.88. The van der Waals surface area contributed by atoms with Crippen LogP contribution in [0.1, 0.15) is 25.3 Å². The number of hydrogen-bond acceptors (Lipinski definition) is 3. The second kappa shape index (κ2) is 4.84. The summed E-state index contributed by atoms with van der Waals surface area (Å²) in [4.78, 5) is 0. The molecule has 1 heterocycles. The van der Waals surface area contributed by atoms with E-state index in [4.69, 9.17) is 10.3 Å². The lowest BCUT2D eigenvalue weighted by atomic mass is 10.1. The second-order valence-corrected chi connectivity index (χ2v) is 3.92. The summed E-state index contributed by atoms with van der Waals surface area (Å²) >= 11 is 0. The van der Waals surface area contributed by atoms with Gasteiger partial charge in [0.2, 0.25) is 0 Å². The predicted octanol–water partition coefficient (Wildman–Crippen LogP) is 3.27. The highest BCUT2D eigenvalue weighted by atomic mass is 16.5. The zero-order valence-electron chi connectivity index (χ0n) is 9.44. The Balaban J connectivity index is 2.13. The van der Waals surface area contributed by atoms with Gasteiger partial charge in [-0.15, -0.1) is 0 Å². The Morgan fingerprint density at radius 2 is 2.00 bits per heavy atom. The van der Waals surface area contributed by atoms with E-state index in [2.05, 4.69) is 24.2 Å². The molecule has 0 aliphatic rings. The summed E-state index contributed by atoms with van der Waals surface area (Å²) in [5.74, 6) is 1.14. The number of nitrogen functional groups attached to an aromatic ring is 1. The molecule has 0 saturated carbocycles. The Bertz CT molecular complexity index is 445. The molecule has 1 aromatic carbocycles. The molecular weight excluding hydrogens is 200 g/mol. The first kappa shape index (κ1) is 10.7. The molecule has 1 aromatic heterocycles. The molecule has 0 fully saturated rings. The highest BCUT2D eigenvalue weighted by Crippen LogP contribution is 2.21. The van der Waals surface area contributed by atoms with Crippen LogP contribution in [0.5, 0.6) is 0 Å². The fraction of sp³-hybridized carbons (Fsp3) is 0.308. The van der Waals surface area contributed by atoms with Gasteiger partial charge in [0.15, 0.2) is 11.6 Å². The third kappa shape index (κ3) is 2.42. The summed E-state index contributed by atoms with van der Waals surface area (Å²) < 4.78 is 5.10. The molecule has 0 aliphatic heterocycles. The van der Waals surface area contributed by atoms with Crippen molar-refractivity contribution in [2.24, 2.45) is 0 Å². The van der Waals surface area contributed by atoms with E-state index in [1.807, 2.05) is 12.1 Å². The fourth-order valence-electron chi connectivity index (χ4n) is 1.64. The van der Waals surface area contributed by atoms with Crippen molar-refractivity contribution < 1.29 is 4.52 Å². The van der Waals surface area contributed by atoms with Crippen molar-refractivity contribution in [1.29, 1.82) is 0 Å². The minimum absolute atomic E-state index is 0.421. The van der Waals surface area contributed by atoms with Crippen LogP contribution >= 0.6 is 0 Å². The van der Waals surface area contributed by atoms with Crippen LogP contribution in [0.25, 0.3) is 11.3 Å². The third-order valence-corrected chi connectivity index (χ3v) is 2.59. The van der Waals surface area contributed by atoms with E-state index in [0.29, 0.717) is 5.82 Å². The molecule has 0 spiro atoms. The first-order valence-electron chi connectivity index (χ1n) is 5.61. The van der Waals surface area contributed by atoms with Crippen molar-refractivity contribution >= 4 is 5.82 Å². The highest BCUT2D eigenvalue weighted by molar-refractivity contribution is 5.60. The number of aromatic nitrogens is 1. The lowest BCUT2D eigenvalue weighted by Crippen LogP contribution is -1.84. The number of unbranched alkanes of at least 4 members (excludes halogenated alkanes) is 1. The van der Waals surface area contributed by atoms with Crippen LogP contribution in [-0.2, 0) is 6.42 Å². The SMILES string of the molecule is CCCCc1ccc(-c2cc(N)no2)cc1. The number of benzene rings is 1. The van der Waals surface area contributed by atoms with E-state index < -0.39 is 0 Å². The van der Waals surface area contributed by atoms with Crippen LogP contribution in [-0.4, -0.2) is 5.16 Å². The molecule has 84 valence electrons. The summed E-state index contributed by atoms with van der Waals surface area (Å²) in [5, 5.41) is 3.67. The van der Waals surface area contributed by atoms with E-state index in [0.717, 1.165) is 17.7 Å². The van der Waals surface area contributed by atoms with Gasteiger partial charge in [-0.1, -0.05) is 42.8 Å². The highest BCUT2D eigenvalue weighted by Gasteiger charge is 2.04. The van der Waals surface area contributed by atoms with Crippen LogP contribution in [0.2, 0.25) is 0 Å². The van der Waals surface area contributed by atoms with Crippen LogP contribution in [0.15, 0.2) is 34.9 Å². The van der Waals surface area contributed by atoms with Crippen molar-refractivity contribution in [3.8, 4) is 11.3 Å². The van der Waals surface area contributed by atoms with Crippen LogP contribution in [0.4, 0.5) is 5.82 Å². The number of hydrogen-bond donors (Lipinski definition) is 1. The Kier molecular flexibility index (Phi) is 3.25. The van der Waals surface area contributed by atoms with Crippen LogP contribution in [0, 0.1) is 0 Å². The Morgan fingerprint density at radius 3 is 2.56 bits per heavy atom. The van der Waals surface area contributed by atoms with Gasteiger partial charge in [0.05, 0.1) is 0 Å². The molecule has 3 nitrogen and oxygen atoms in total. The van der Waals surface area contributed by atoms with Crippen molar-refractivity contribution in [2.45, 2.75) is 26.2 Å². The molecule has 0 radical (unpaired) electrons. The number of nitrogens with two attached hydrogens (primary N) is 1. The Labute approximate surface area is 95.3 Å². The van der Waals surface area contributed by atoms with E-state index in [-0.39, 0.29) is 0 Å². The molecule has 2 rings (SSSR count). The molecule has 0 amide bonds. The van der Waals surface area contributed by atoms with Gasteiger partial charge in [0.1, 0.15) is 0 Å². The first-order valence-corrected chi connectivity index (χ1v) is 5.61. The maximum Gasteiger partial charge on any atom is 0.169 e. The first-order chi connectivity index (χ1) is 7.79. The maximum absolute atomic E-state index is 5.51. The lowest BCUT2D eigenvalue weighted by molar-refractivity contribution is 0.436. The summed E-state index contributed by atoms with van der Waals surface area (Å²) in [6, 6.07) is 10.1. The van der Waals surface area contributed by atoms with Gasteiger partial charge in [-0.2, -0.15) is 0 Å². The summed E-state index contributed by atoms with van der Waals surface area (Å²) in [7, 11) is 0. The second-order valence-electron chi connectivity index (χ2n) is 3.92. The molecule has 0 atom stereocenters. The largest absolute Gasteiger partial charge is 0.381 e. The van der Waals surface area contributed by atoms with Gasteiger partial charge in [-0.25, -0.2) is 0 Å². The maximum atomic E-state index is 5.51. The van der Waals surface area contributed by atoms with Crippen LogP contribution in [0.3, 0.4) is 0 Å². The average molecular weight is 216 g/mol. The normalized spacial score (nSPS) is 10.6. The zero-order valence-corrected chi connectivity index (χ0v) is 9.44. The van der Waals surface area contributed by atoms with Gasteiger partial charge in [-0.3, -0.25) is 0 Å². The smallest absolute Gasteiger partial charge is 0.169 e. The molecule has 0 aliphatic carbocycles. The molecule has 16 heavy (non-hydrogen) atoms. The lowest BCUT2D eigenvalue weighted by Gasteiger charge is -2.00. The standard InChI is InChI=1S/C13H16N2O/c1-2-3-4-10-5-7-11(8-6-10)12-9-13(14)15-16-12/h5-9H,2-4H2,1H3,(H2,14,15). The molecule has 3 heteroatoms. The molecule has 2 N–H and O–H groups in total. The topological polar surface area (TPSA) is 52.0 Å². The van der Waals surface area contributed by atoms with E-state index in [1.165, 1.54) is 18.4 Å². The quantitative estimate of drug-likeness (QED) is 0.853. The molecule has 0 bridgehead atoms.